The molecule has 3 bridgehead atoms. The molecule has 4 saturated carbocycles. The first-order valence-corrected chi connectivity index (χ1v) is 21.7. The summed E-state index contributed by atoms with van der Waals surface area (Å²) in [6.45, 7) is 0. The van der Waals surface area contributed by atoms with Gasteiger partial charge in [0.2, 0.25) is 0 Å². The fourth-order valence-electron chi connectivity index (χ4n) is 14.0. The Labute approximate surface area is 344 Å². The van der Waals surface area contributed by atoms with Gasteiger partial charge < -0.3 is 4.74 Å². The maximum absolute atomic E-state index is 7.12. The highest BCUT2D eigenvalue weighted by Gasteiger charge is 2.71. The zero-order chi connectivity index (χ0) is 38.5. The van der Waals surface area contributed by atoms with Crippen LogP contribution in [-0.2, 0) is 10.8 Å². The highest BCUT2D eigenvalue weighted by atomic mass is 16.5. The van der Waals surface area contributed by atoms with Gasteiger partial charge in [-0.2, -0.15) is 0 Å². The summed E-state index contributed by atoms with van der Waals surface area (Å²) in [5, 5.41) is 2.38. The number of nitrogens with zero attached hydrogens (tertiary/aromatic N) is 2. The topological polar surface area (TPSA) is 35.0 Å². The Morgan fingerprint density at radius 1 is 0.508 bits per heavy atom. The van der Waals surface area contributed by atoms with Crippen LogP contribution in [0.2, 0.25) is 0 Å². The first kappa shape index (κ1) is 32.6. The number of hydrogen-bond acceptors (Lipinski definition) is 3. The Morgan fingerprint density at radius 3 is 1.98 bits per heavy atom. The molecule has 4 fully saturated rings. The van der Waals surface area contributed by atoms with E-state index in [4.69, 9.17) is 14.7 Å². The molecule has 6 aliphatic rings. The van der Waals surface area contributed by atoms with Crippen molar-refractivity contribution < 1.29 is 4.74 Å². The zero-order valence-corrected chi connectivity index (χ0v) is 32.9. The van der Waals surface area contributed by atoms with Gasteiger partial charge in [0.05, 0.1) is 16.8 Å². The second-order valence-electron chi connectivity index (χ2n) is 18.7. The summed E-state index contributed by atoms with van der Waals surface area (Å²) in [7, 11) is 0. The predicted octanol–water partition coefficient (Wildman–Crippen LogP) is 13.6. The summed E-state index contributed by atoms with van der Waals surface area (Å²) in [6, 6.07) is 60.0. The molecule has 3 heteroatoms. The largest absolute Gasteiger partial charge is 0.456 e. The molecule has 8 aromatic rings. The van der Waals surface area contributed by atoms with E-state index in [1.54, 1.807) is 0 Å². The van der Waals surface area contributed by atoms with Crippen molar-refractivity contribution in [1.82, 2.24) is 9.97 Å². The standard InChI is InChI=1S/C56H42N2O/c1-2-13-40-35(11-1)12-9-16-43(40)49-29-50(58-53(57-49)36-23-25-37(26-24-36)54-30-34-27-38-28-39(32-54)55(38,31-34)33-54)44-17-10-21-48-52(44)59-51-22-8-7-20-47(51)56(48)45-18-5-3-14-41(45)42-15-4-6-19-46(42)56/h1-26,29,34,38-39H,27-28,30-33H2/t34-,38?,39+,54?,55?/m0/s1. The third-order valence-electron chi connectivity index (χ3n) is 16.2. The van der Waals surface area contributed by atoms with E-state index in [1.165, 1.54) is 77.1 Å². The van der Waals surface area contributed by atoms with Gasteiger partial charge in [-0.15, -0.1) is 0 Å². The number of rotatable bonds is 4. The highest BCUT2D eigenvalue weighted by Crippen LogP contribution is 2.79. The maximum atomic E-state index is 7.12. The van der Waals surface area contributed by atoms with Gasteiger partial charge >= 0.3 is 0 Å². The van der Waals surface area contributed by atoms with Crippen LogP contribution in [0.1, 0.15) is 66.3 Å². The summed E-state index contributed by atoms with van der Waals surface area (Å²) >= 11 is 0. The minimum absolute atomic E-state index is 0.346. The van der Waals surface area contributed by atoms with Gasteiger partial charge in [0.1, 0.15) is 11.5 Å². The molecule has 7 aromatic carbocycles. The minimum atomic E-state index is -0.547. The number of ether oxygens (including phenoxy) is 1. The van der Waals surface area contributed by atoms with E-state index >= 15 is 0 Å². The summed E-state index contributed by atoms with van der Waals surface area (Å²) in [5.41, 5.74) is 14.3. The van der Waals surface area contributed by atoms with Gasteiger partial charge in [-0.25, -0.2) is 9.97 Å². The van der Waals surface area contributed by atoms with Crippen LogP contribution >= 0.6 is 0 Å². The molecule has 1 aromatic heterocycles. The van der Waals surface area contributed by atoms with Crippen molar-refractivity contribution in [3.63, 3.8) is 0 Å². The average Bonchev–Trinajstić information content (AvgIpc) is 3.77. The number of fused-ring (bicyclic) bond motifs is 12. The number of benzene rings is 7. The van der Waals surface area contributed by atoms with E-state index in [-0.39, 0.29) is 0 Å². The third kappa shape index (κ3) is 4.18. The fraction of sp³-hybridized carbons (Fsp3) is 0.214. The highest BCUT2D eigenvalue weighted by molar-refractivity contribution is 5.97. The lowest BCUT2D eigenvalue weighted by Crippen LogP contribution is -2.42. The molecule has 282 valence electrons. The van der Waals surface area contributed by atoms with Crippen LogP contribution in [-0.4, -0.2) is 9.97 Å². The number of hydrogen-bond donors (Lipinski definition) is 0. The van der Waals surface area contributed by atoms with Crippen molar-refractivity contribution in [3.05, 3.63) is 192 Å². The Balaban J connectivity index is 0.971. The number of para-hydroxylation sites is 2. The molecule has 1 aliphatic heterocycles. The summed E-state index contributed by atoms with van der Waals surface area (Å²) < 4.78 is 7.12. The van der Waals surface area contributed by atoms with Crippen LogP contribution in [0.25, 0.3) is 55.8 Å². The summed E-state index contributed by atoms with van der Waals surface area (Å²) in [5.74, 6) is 5.32. The fourth-order valence-corrected chi connectivity index (χ4v) is 14.0. The molecule has 14 rings (SSSR count). The first-order chi connectivity index (χ1) is 29.1. The smallest absolute Gasteiger partial charge is 0.160 e. The van der Waals surface area contributed by atoms with Crippen molar-refractivity contribution >= 4 is 10.8 Å². The molecule has 2 spiro atoms. The van der Waals surface area contributed by atoms with Crippen LogP contribution in [0.3, 0.4) is 0 Å². The minimum Gasteiger partial charge on any atom is -0.456 e. The van der Waals surface area contributed by atoms with Crippen molar-refractivity contribution in [2.24, 2.45) is 23.2 Å². The Kier molecular flexibility index (Phi) is 6.33. The molecule has 5 atom stereocenters. The van der Waals surface area contributed by atoms with Crippen molar-refractivity contribution in [2.75, 3.05) is 0 Å². The Hall–Kier alpha value is -6.32. The van der Waals surface area contributed by atoms with Crippen LogP contribution in [0, 0.1) is 23.2 Å². The Morgan fingerprint density at radius 2 is 1.15 bits per heavy atom. The molecular weight excluding hydrogens is 717 g/mol. The quantitative estimate of drug-likeness (QED) is 0.179. The molecule has 0 saturated heterocycles. The lowest BCUT2D eigenvalue weighted by Gasteiger charge is -2.49. The summed E-state index contributed by atoms with van der Waals surface area (Å²) in [6.07, 6.45) is 8.62. The third-order valence-corrected chi connectivity index (χ3v) is 16.2. The lowest BCUT2D eigenvalue weighted by molar-refractivity contribution is -0.000160. The van der Waals surface area contributed by atoms with Gasteiger partial charge in [-0.05, 0) is 124 Å². The first-order valence-electron chi connectivity index (χ1n) is 21.7. The molecule has 5 aliphatic carbocycles. The van der Waals surface area contributed by atoms with Crippen molar-refractivity contribution in [1.29, 1.82) is 0 Å². The maximum Gasteiger partial charge on any atom is 0.160 e. The molecule has 0 amide bonds. The normalized spacial score (nSPS) is 25.5. The van der Waals surface area contributed by atoms with E-state index in [9.17, 15) is 0 Å². The zero-order valence-electron chi connectivity index (χ0n) is 32.9. The van der Waals surface area contributed by atoms with Gasteiger partial charge in [0, 0.05) is 27.8 Å². The molecule has 2 heterocycles. The van der Waals surface area contributed by atoms with Crippen LogP contribution < -0.4 is 4.74 Å². The second kappa shape index (κ2) is 11.4. The van der Waals surface area contributed by atoms with E-state index in [0.717, 1.165) is 74.3 Å². The predicted molar refractivity (Wildman–Crippen MR) is 236 cm³/mol. The average molecular weight is 759 g/mol. The molecule has 0 radical (unpaired) electrons. The van der Waals surface area contributed by atoms with Gasteiger partial charge in [-0.3, -0.25) is 0 Å². The lowest BCUT2D eigenvalue weighted by atomic mass is 9.55. The SMILES string of the molecule is c1ccc2c(c1)Oc1c(-c3cc(-c4cccc5ccccc45)nc(-c4ccc(C56C[C@@H]7CC8C[C@H](C5)C8(C7)C6)cc4)n3)cccc1C21c2ccccc2-c2ccccc21. The van der Waals surface area contributed by atoms with E-state index in [1.807, 2.05) is 0 Å². The van der Waals surface area contributed by atoms with E-state index < -0.39 is 5.41 Å². The van der Waals surface area contributed by atoms with Crippen molar-refractivity contribution in [3.8, 4) is 56.5 Å². The molecule has 59 heavy (non-hydrogen) atoms. The molecule has 3 unspecified atom stereocenters. The van der Waals surface area contributed by atoms with Crippen LogP contribution in [0.4, 0.5) is 0 Å². The monoisotopic (exact) mass is 758 g/mol. The number of aromatic nitrogens is 2. The van der Waals surface area contributed by atoms with Crippen molar-refractivity contribution in [2.45, 2.75) is 49.4 Å². The van der Waals surface area contributed by atoms with E-state index in [2.05, 4.69) is 164 Å². The molecule has 0 N–H and O–H groups in total. The van der Waals surface area contributed by atoms with Gasteiger partial charge in [-0.1, -0.05) is 146 Å². The molecular formula is C56H42N2O. The van der Waals surface area contributed by atoms with Crippen LogP contribution in [0.15, 0.2) is 164 Å². The van der Waals surface area contributed by atoms with Gasteiger partial charge in [0.15, 0.2) is 5.82 Å². The summed E-state index contributed by atoms with van der Waals surface area (Å²) in [4.78, 5) is 10.9. The second-order valence-corrected chi connectivity index (χ2v) is 18.7. The van der Waals surface area contributed by atoms with Gasteiger partial charge in [0.25, 0.3) is 0 Å². The Bertz CT molecular complexity index is 3040. The molecule has 3 nitrogen and oxygen atoms in total. The van der Waals surface area contributed by atoms with Crippen LogP contribution in [0.5, 0.6) is 11.5 Å². The van der Waals surface area contributed by atoms with E-state index in [0.29, 0.717) is 10.8 Å².